The molecule has 1 aromatic heterocycles. The first-order chi connectivity index (χ1) is 13.6. The summed E-state index contributed by atoms with van der Waals surface area (Å²) >= 11 is 6.31. The molecule has 1 unspecified atom stereocenters. The van der Waals surface area contributed by atoms with Gasteiger partial charge in [0, 0.05) is 32.7 Å². The normalized spacial score (nSPS) is 20.3. The molecule has 0 bridgehead atoms. The van der Waals surface area contributed by atoms with Crippen molar-refractivity contribution in [1.29, 1.82) is 0 Å². The molecule has 6 nitrogen and oxygen atoms in total. The van der Waals surface area contributed by atoms with Crippen LogP contribution in [0.25, 0.3) is 0 Å². The smallest absolute Gasteiger partial charge is 0.290 e. The Morgan fingerprint density at radius 2 is 1.75 bits per heavy atom. The molecule has 1 aromatic carbocycles. The monoisotopic (exact) mass is 401 g/mol. The summed E-state index contributed by atoms with van der Waals surface area (Å²) in [6.07, 6.45) is 4.06. The van der Waals surface area contributed by atoms with Crippen LogP contribution in [0.15, 0.2) is 47.1 Å². The second-order valence-corrected chi connectivity index (χ2v) is 7.66. The van der Waals surface area contributed by atoms with E-state index in [1.54, 1.807) is 17.0 Å². The molecule has 7 heteroatoms. The lowest BCUT2D eigenvalue weighted by molar-refractivity contribution is -0.137. The highest BCUT2D eigenvalue weighted by molar-refractivity contribution is 6.33. The van der Waals surface area contributed by atoms with Crippen molar-refractivity contribution >= 4 is 29.1 Å². The van der Waals surface area contributed by atoms with E-state index in [2.05, 4.69) is 4.90 Å². The maximum absolute atomic E-state index is 13.2. The van der Waals surface area contributed by atoms with E-state index in [9.17, 15) is 9.59 Å². The number of nitrogens with zero attached hydrogens (tertiary/aromatic N) is 3. The summed E-state index contributed by atoms with van der Waals surface area (Å²) in [7, 11) is 0. The van der Waals surface area contributed by atoms with Crippen LogP contribution in [0.2, 0.25) is 5.02 Å². The summed E-state index contributed by atoms with van der Waals surface area (Å²) in [5.41, 5.74) is 1.00. The molecule has 0 spiro atoms. The zero-order chi connectivity index (χ0) is 19.5. The Morgan fingerprint density at radius 3 is 2.46 bits per heavy atom. The molecule has 2 fully saturated rings. The van der Waals surface area contributed by atoms with E-state index in [4.69, 9.17) is 16.0 Å². The minimum absolute atomic E-state index is 0.0402. The van der Waals surface area contributed by atoms with Gasteiger partial charge in [-0.05, 0) is 43.5 Å². The maximum atomic E-state index is 13.2. The number of hydrogen-bond acceptors (Lipinski definition) is 4. The third-order valence-corrected chi connectivity index (χ3v) is 5.88. The van der Waals surface area contributed by atoms with Crippen LogP contribution in [-0.4, -0.2) is 60.4 Å². The molecule has 2 aliphatic rings. The largest absolute Gasteiger partial charge is 0.459 e. The highest BCUT2D eigenvalue weighted by Gasteiger charge is 2.37. The second kappa shape index (κ2) is 8.27. The highest BCUT2D eigenvalue weighted by Crippen LogP contribution is 2.27. The van der Waals surface area contributed by atoms with Gasteiger partial charge in [-0.2, -0.15) is 0 Å². The minimum atomic E-state index is -0.404. The first-order valence-corrected chi connectivity index (χ1v) is 10.2. The number of hydrogen-bond donors (Lipinski definition) is 0. The van der Waals surface area contributed by atoms with Gasteiger partial charge in [-0.3, -0.25) is 9.59 Å². The van der Waals surface area contributed by atoms with Crippen molar-refractivity contribution in [2.24, 2.45) is 0 Å². The highest BCUT2D eigenvalue weighted by atomic mass is 35.5. The van der Waals surface area contributed by atoms with Crippen molar-refractivity contribution in [3.05, 3.63) is 53.4 Å². The topological polar surface area (TPSA) is 57.0 Å². The first kappa shape index (κ1) is 18.9. The van der Waals surface area contributed by atoms with E-state index in [1.165, 1.54) is 6.26 Å². The molecule has 2 saturated heterocycles. The Labute approximate surface area is 169 Å². The van der Waals surface area contributed by atoms with Crippen molar-refractivity contribution in [2.75, 3.05) is 37.6 Å². The van der Waals surface area contributed by atoms with E-state index in [0.717, 1.165) is 36.6 Å². The summed E-state index contributed by atoms with van der Waals surface area (Å²) in [5, 5.41) is 0.727. The van der Waals surface area contributed by atoms with Crippen LogP contribution >= 0.6 is 11.6 Å². The van der Waals surface area contributed by atoms with E-state index in [0.29, 0.717) is 31.8 Å². The van der Waals surface area contributed by atoms with Crippen LogP contribution in [0.1, 0.15) is 29.8 Å². The Kier molecular flexibility index (Phi) is 5.57. The molecule has 3 heterocycles. The molecular weight excluding hydrogens is 378 g/mol. The molecule has 0 radical (unpaired) electrons. The van der Waals surface area contributed by atoms with Gasteiger partial charge in [0.05, 0.1) is 17.0 Å². The third-order valence-electron chi connectivity index (χ3n) is 5.57. The van der Waals surface area contributed by atoms with Crippen LogP contribution in [-0.2, 0) is 4.79 Å². The molecule has 2 aromatic rings. The summed E-state index contributed by atoms with van der Waals surface area (Å²) in [6, 6.07) is 10.7. The van der Waals surface area contributed by atoms with Crippen molar-refractivity contribution in [3.8, 4) is 0 Å². The number of carbonyl (C=O) groups excluding carboxylic acids is 2. The first-order valence-electron chi connectivity index (χ1n) is 9.78. The van der Waals surface area contributed by atoms with E-state index in [1.807, 2.05) is 29.2 Å². The fourth-order valence-corrected chi connectivity index (χ4v) is 4.32. The molecule has 0 N–H and O–H groups in total. The van der Waals surface area contributed by atoms with E-state index >= 15 is 0 Å². The standard InChI is InChI=1S/C21H24ClN3O3/c22-16-6-1-2-7-17(16)23-11-13-24(14-12-23)20(26)18-8-3-4-10-25(18)21(27)19-9-5-15-28-19/h1-2,5-7,9,15,18H,3-4,8,10-14H2. The number of piperidine rings is 1. The van der Waals surface area contributed by atoms with Crippen molar-refractivity contribution in [3.63, 3.8) is 0 Å². The van der Waals surface area contributed by atoms with Gasteiger partial charge in [0.1, 0.15) is 6.04 Å². The minimum Gasteiger partial charge on any atom is -0.459 e. The molecule has 148 valence electrons. The number of carbonyl (C=O) groups is 2. The van der Waals surface area contributed by atoms with E-state index in [-0.39, 0.29) is 11.8 Å². The van der Waals surface area contributed by atoms with Crippen LogP contribution < -0.4 is 4.90 Å². The maximum Gasteiger partial charge on any atom is 0.290 e. The molecular formula is C21H24ClN3O3. The number of anilines is 1. The van der Waals surface area contributed by atoms with Gasteiger partial charge in [0.25, 0.3) is 5.91 Å². The Balaban J connectivity index is 1.42. The second-order valence-electron chi connectivity index (χ2n) is 7.25. The lowest BCUT2D eigenvalue weighted by atomic mass is 10.00. The third kappa shape index (κ3) is 3.74. The summed E-state index contributed by atoms with van der Waals surface area (Å²) < 4.78 is 5.26. The number of furan rings is 1. The van der Waals surface area contributed by atoms with Crippen LogP contribution in [0.3, 0.4) is 0 Å². The Morgan fingerprint density at radius 1 is 0.964 bits per heavy atom. The van der Waals surface area contributed by atoms with Crippen molar-refractivity contribution < 1.29 is 14.0 Å². The molecule has 4 rings (SSSR count). The van der Waals surface area contributed by atoms with Gasteiger partial charge < -0.3 is 19.1 Å². The quantitative estimate of drug-likeness (QED) is 0.792. The van der Waals surface area contributed by atoms with Gasteiger partial charge in [-0.15, -0.1) is 0 Å². The van der Waals surface area contributed by atoms with Gasteiger partial charge in [-0.25, -0.2) is 0 Å². The number of para-hydroxylation sites is 1. The average molecular weight is 402 g/mol. The number of rotatable bonds is 3. The van der Waals surface area contributed by atoms with Crippen molar-refractivity contribution in [1.82, 2.24) is 9.80 Å². The summed E-state index contributed by atoms with van der Waals surface area (Å²) in [6.45, 7) is 3.31. The van der Waals surface area contributed by atoms with Gasteiger partial charge in [-0.1, -0.05) is 23.7 Å². The molecule has 2 aliphatic heterocycles. The van der Waals surface area contributed by atoms with E-state index < -0.39 is 6.04 Å². The fourth-order valence-electron chi connectivity index (χ4n) is 4.06. The number of piperazine rings is 1. The molecule has 0 aliphatic carbocycles. The number of benzene rings is 1. The van der Waals surface area contributed by atoms with Crippen LogP contribution in [0.4, 0.5) is 5.69 Å². The lowest BCUT2D eigenvalue weighted by Gasteiger charge is -2.41. The number of amides is 2. The molecule has 0 saturated carbocycles. The van der Waals surface area contributed by atoms with Gasteiger partial charge in [0.2, 0.25) is 5.91 Å². The SMILES string of the molecule is O=C(C1CCCCN1C(=O)c1ccco1)N1CCN(c2ccccc2Cl)CC1. The van der Waals surface area contributed by atoms with Gasteiger partial charge in [0.15, 0.2) is 5.76 Å². The number of likely N-dealkylation sites (tertiary alicyclic amines) is 1. The number of halogens is 1. The van der Waals surface area contributed by atoms with Crippen LogP contribution in [0.5, 0.6) is 0 Å². The summed E-state index contributed by atoms with van der Waals surface area (Å²) in [5.74, 6) is 0.138. The summed E-state index contributed by atoms with van der Waals surface area (Å²) in [4.78, 5) is 31.7. The van der Waals surface area contributed by atoms with Crippen molar-refractivity contribution in [2.45, 2.75) is 25.3 Å². The predicted molar refractivity (Wildman–Crippen MR) is 108 cm³/mol. The van der Waals surface area contributed by atoms with Gasteiger partial charge >= 0.3 is 0 Å². The molecule has 1 atom stereocenters. The zero-order valence-electron chi connectivity index (χ0n) is 15.7. The predicted octanol–water partition coefficient (Wildman–Crippen LogP) is 3.28. The zero-order valence-corrected chi connectivity index (χ0v) is 16.5. The lowest BCUT2D eigenvalue weighted by Crippen LogP contribution is -2.57. The Hall–Kier alpha value is -2.47. The van der Waals surface area contributed by atoms with Crippen LogP contribution in [0, 0.1) is 0 Å². The fraction of sp³-hybridized carbons (Fsp3) is 0.429. The Bertz CT molecular complexity index is 831. The molecule has 2 amide bonds. The average Bonchev–Trinajstić information content (AvgIpc) is 3.28. The molecule has 28 heavy (non-hydrogen) atoms.